The molecule has 0 aliphatic carbocycles. The lowest BCUT2D eigenvalue weighted by molar-refractivity contribution is -0.0494. The number of hydrogen-bond acceptors (Lipinski definition) is 4. The van der Waals surface area contributed by atoms with Crippen molar-refractivity contribution in [2.75, 3.05) is 32.8 Å². The standard InChI is InChI=1S/C14H27F3N4O3S/c1-4-18-12(19-9-13(2,3)10-22)20-11-5-7-21(8-6-11)25(23,24)14(15,16)17/h11,22H,4-10H2,1-3H3,(H2,18,19,20). The van der Waals surface area contributed by atoms with E-state index in [4.69, 9.17) is 0 Å². The number of aliphatic hydroxyl groups excluding tert-OH is 1. The fourth-order valence-electron chi connectivity index (χ4n) is 2.24. The van der Waals surface area contributed by atoms with E-state index in [9.17, 15) is 26.7 Å². The Morgan fingerprint density at radius 3 is 2.28 bits per heavy atom. The van der Waals surface area contributed by atoms with Crippen molar-refractivity contribution in [2.24, 2.45) is 10.4 Å². The number of rotatable bonds is 6. The van der Waals surface area contributed by atoms with Crippen LogP contribution in [0.15, 0.2) is 4.99 Å². The van der Waals surface area contributed by atoms with Crippen molar-refractivity contribution >= 4 is 16.0 Å². The number of piperidine rings is 1. The van der Waals surface area contributed by atoms with Gasteiger partial charge in [0.25, 0.3) is 0 Å². The molecule has 148 valence electrons. The average Bonchev–Trinajstić information content (AvgIpc) is 2.52. The summed E-state index contributed by atoms with van der Waals surface area (Å²) in [7, 11) is -5.26. The Hall–Kier alpha value is -1.07. The van der Waals surface area contributed by atoms with Gasteiger partial charge in [-0.25, -0.2) is 8.42 Å². The second kappa shape index (κ2) is 8.54. The fraction of sp³-hybridized carbons (Fsp3) is 0.929. The number of guanidine groups is 1. The van der Waals surface area contributed by atoms with E-state index in [-0.39, 0.29) is 44.0 Å². The van der Waals surface area contributed by atoms with E-state index in [1.54, 1.807) is 0 Å². The third-order valence-corrected chi connectivity index (χ3v) is 5.49. The monoisotopic (exact) mass is 388 g/mol. The van der Waals surface area contributed by atoms with Crippen LogP contribution in [-0.2, 0) is 10.0 Å². The number of aliphatic imine (C=N–C) groups is 1. The lowest BCUT2D eigenvalue weighted by atomic mass is 9.95. The van der Waals surface area contributed by atoms with Gasteiger partial charge < -0.3 is 15.7 Å². The molecule has 1 aliphatic heterocycles. The van der Waals surface area contributed by atoms with Gasteiger partial charge in [-0.1, -0.05) is 13.8 Å². The molecular weight excluding hydrogens is 361 g/mol. The van der Waals surface area contributed by atoms with Gasteiger partial charge >= 0.3 is 15.5 Å². The molecule has 0 radical (unpaired) electrons. The van der Waals surface area contributed by atoms with Crippen LogP contribution < -0.4 is 10.6 Å². The van der Waals surface area contributed by atoms with Crippen LogP contribution >= 0.6 is 0 Å². The molecule has 0 unspecified atom stereocenters. The summed E-state index contributed by atoms with van der Waals surface area (Å²) in [6, 6.07) is -0.172. The van der Waals surface area contributed by atoms with E-state index in [1.807, 2.05) is 20.8 Å². The van der Waals surface area contributed by atoms with Crippen LogP contribution in [0.4, 0.5) is 13.2 Å². The minimum Gasteiger partial charge on any atom is -0.396 e. The maximum atomic E-state index is 12.6. The van der Waals surface area contributed by atoms with Gasteiger partial charge in [-0.2, -0.15) is 17.5 Å². The molecule has 0 saturated carbocycles. The Bertz CT molecular complexity index is 556. The molecule has 1 aliphatic rings. The smallest absolute Gasteiger partial charge is 0.396 e. The first kappa shape index (κ1) is 22.0. The number of alkyl halides is 3. The summed E-state index contributed by atoms with van der Waals surface area (Å²) in [6.45, 7) is 6.17. The second-order valence-corrected chi connectivity index (χ2v) is 8.72. The van der Waals surface area contributed by atoms with Crippen LogP contribution in [0.3, 0.4) is 0 Å². The number of aliphatic hydroxyl groups is 1. The highest BCUT2D eigenvalue weighted by Crippen LogP contribution is 2.28. The van der Waals surface area contributed by atoms with E-state index in [0.29, 0.717) is 23.4 Å². The minimum absolute atomic E-state index is 0.0242. The zero-order valence-corrected chi connectivity index (χ0v) is 15.5. The summed E-state index contributed by atoms with van der Waals surface area (Å²) in [5, 5.41) is 15.4. The molecule has 1 heterocycles. The molecular formula is C14H27F3N4O3S. The van der Waals surface area contributed by atoms with Crippen LogP contribution in [0, 0.1) is 5.41 Å². The van der Waals surface area contributed by atoms with Crippen molar-refractivity contribution in [2.45, 2.75) is 45.2 Å². The molecule has 0 aromatic rings. The molecule has 0 atom stereocenters. The van der Waals surface area contributed by atoms with Crippen molar-refractivity contribution < 1.29 is 26.7 Å². The summed E-state index contributed by atoms with van der Waals surface area (Å²) in [4.78, 5) is 4.38. The Morgan fingerprint density at radius 1 is 1.28 bits per heavy atom. The van der Waals surface area contributed by atoms with Crippen molar-refractivity contribution in [1.82, 2.24) is 14.9 Å². The highest BCUT2D eigenvalue weighted by atomic mass is 32.2. The maximum absolute atomic E-state index is 12.6. The van der Waals surface area contributed by atoms with E-state index >= 15 is 0 Å². The van der Waals surface area contributed by atoms with Crippen molar-refractivity contribution in [3.63, 3.8) is 0 Å². The molecule has 7 nitrogen and oxygen atoms in total. The Kier molecular flexibility index (Phi) is 7.51. The molecule has 0 aromatic heterocycles. The minimum atomic E-state index is -5.26. The fourth-order valence-corrected chi connectivity index (χ4v) is 3.23. The van der Waals surface area contributed by atoms with Crippen LogP contribution in [-0.4, -0.2) is 68.1 Å². The zero-order valence-electron chi connectivity index (χ0n) is 14.7. The van der Waals surface area contributed by atoms with Crippen LogP contribution in [0.25, 0.3) is 0 Å². The molecule has 0 amide bonds. The van der Waals surface area contributed by atoms with Gasteiger partial charge in [0.2, 0.25) is 0 Å². The summed E-state index contributed by atoms with van der Waals surface area (Å²) in [5.74, 6) is 0.501. The molecule has 1 rings (SSSR count). The highest BCUT2D eigenvalue weighted by Gasteiger charge is 2.50. The first-order valence-electron chi connectivity index (χ1n) is 8.15. The largest absolute Gasteiger partial charge is 0.511 e. The van der Waals surface area contributed by atoms with Crippen LogP contribution in [0.5, 0.6) is 0 Å². The van der Waals surface area contributed by atoms with Crippen molar-refractivity contribution in [1.29, 1.82) is 0 Å². The van der Waals surface area contributed by atoms with Crippen LogP contribution in [0.2, 0.25) is 0 Å². The molecule has 11 heteroatoms. The van der Waals surface area contributed by atoms with Crippen molar-refractivity contribution in [3.8, 4) is 0 Å². The van der Waals surface area contributed by atoms with Gasteiger partial charge in [0, 0.05) is 37.7 Å². The lowest BCUT2D eigenvalue weighted by Crippen LogP contribution is -2.51. The Labute approximate surface area is 146 Å². The number of nitrogens with zero attached hydrogens (tertiary/aromatic N) is 2. The molecule has 0 spiro atoms. The molecule has 25 heavy (non-hydrogen) atoms. The average molecular weight is 388 g/mol. The summed E-state index contributed by atoms with van der Waals surface area (Å²) < 4.78 is 61.0. The van der Waals surface area contributed by atoms with E-state index < -0.39 is 15.5 Å². The highest BCUT2D eigenvalue weighted by molar-refractivity contribution is 7.90. The molecule has 0 aromatic carbocycles. The van der Waals surface area contributed by atoms with Gasteiger partial charge in [0.15, 0.2) is 5.96 Å². The normalized spacial score (nSPS) is 19.1. The second-order valence-electron chi connectivity index (χ2n) is 6.79. The molecule has 1 saturated heterocycles. The van der Waals surface area contributed by atoms with Gasteiger partial charge in [0.05, 0.1) is 6.54 Å². The predicted octanol–water partition coefficient (Wildman–Crippen LogP) is 0.874. The van der Waals surface area contributed by atoms with E-state index in [1.165, 1.54) is 0 Å². The number of sulfonamides is 1. The van der Waals surface area contributed by atoms with Crippen LogP contribution in [0.1, 0.15) is 33.6 Å². The van der Waals surface area contributed by atoms with E-state index in [0.717, 1.165) is 0 Å². The summed E-state index contributed by atoms with van der Waals surface area (Å²) in [5.41, 5.74) is -5.65. The number of halogens is 3. The molecule has 1 fully saturated rings. The Morgan fingerprint density at radius 2 is 1.84 bits per heavy atom. The zero-order chi connectivity index (χ0) is 19.3. The SMILES string of the molecule is CCNC(=NCC(C)(C)CO)NC1CCN(S(=O)(=O)C(F)(F)F)CC1. The van der Waals surface area contributed by atoms with Gasteiger partial charge in [-0.05, 0) is 19.8 Å². The topological polar surface area (TPSA) is 94.0 Å². The van der Waals surface area contributed by atoms with Crippen molar-refractivity contribution in [3.05, 3.63) is 0 Å². The third-order valence-electron chi connectivity index (χ3n) is 3.86. The number of hydrogen-bond donors (Lipinski definition) is 3. The summed E-state index contributed by atoms with van der Waals surface area (Å²) >= 11 is 0. The predicted molar refractivity (Wildman–Crippen MR) is 89.6 cm³/mol. The number of nitrogens with one attached hydrogen (secondary N) is 2. The summed E-state index contributed by atoms with van der Waals surface area (Å²) in [6.07, 6.45) is 0.506. The van der Waals surface area contributed by atoms with Gasteiger partial charge in [-0.3, -0.25) is 4.99 Å². The first-order chi connectivity index (χ1) is 11.4. The van der Waals surface area contributed by atoms with E-state index in [2.05, 4.69) is 15.6 Å². The van der Waals surface area contributed by atoms with Gasteiger partial charge in [-0.15, -0.1) is 0 Å². The lowest BCUT2D eigenvalue weighted by Gasteiger charge is -2.32. The Balaban J connectivity index is 2.65. The first-order valence-corrected chi connectivity index (χ1v) is 9.59. The molecule has 0 bridgehead atoms. The maximum Gasteiger partial charge on any atom is 0.511 e. The quantitative estimate of drug-likeness (QED) is 0.464. The third kappa shape index (κ3) is 6.30. The van der Waals surface area contributed by atoms with Gasteiger partial charge in [0.1, 0.15) is 0 Å². The molecule has 3 N–H and O–H groups in total.